The van der Waals surface area contributed by atoms with Crippen molar-refractivity contribution in [1.29, 1.82) is 0 Å². The van der Waals surface area contributed by atoms with Crippen molar-refractivity contribution in [3.63, 3.8) is 0 Å². The minimum atomic E-state index is -0.646. The lowest BCUT2D eigenvalue weighted by Gasteiger charge is -2.19. The van der Waals surface area contributed by atoms with Gasteiger partial charge in [0.1, 0.15) is 0 Å². The molecule has 0 aromatic heterocycles. The molecule has 0 aromatic carbocycles. The van der Waals surface area contributed by atoms with Gasteiger partial charge in [-0.1, -0.05) is 19.3 Å². The minimum Gasteiger partial charge on any atom is -0.457 e. The van der Waals surface area contributed by atoms with Crippen molar-refractivity contribution < 1.29 is 14.3 Å². The normalized spacial score (nSPS) is 18.2. The van der Waals surface area contributed by atoms with Gasteiger partial charge >= 0.3 is 5.97 Å². The summed E-state index contributed by atoms with van der Waals surface area (Å²) in [6, 6.07) is 0. The average Bonchev–Trinajstić information content (AvgIpc) is 2.17. The number of rotatable bonds is 3. The predicted molar refractivity (Wildman–Crippen MR) is 52.8 cm³/mol. The lowest BCUT2D eigenvalue weighted by Crippen LogP contribution is -2.29. The highest BCUT2D eigenvalue weighted by Crippen LogP contribution is 2.24. The Hall–Kier alpha value is -0.860. The SMILES string of the molecule is CC(C)OC(=O)C(=O)C1CCCCC1. The monoisotopic (exact) mass is 198 g/mol. The topological polar surface area (TPSA) is 43.4 Å². The van der Waals surface area contributed by atoms with E-state index in [4.69, 9.17) is 4.74 Å². The van der Waals surface area contributed by atoms with Gasteiger partial charge in [-0.3, -0.25) is 4.79 Å². The fourth-order valence-corrected chi connectivity index (χ4v) is 1.80. The van der Waals surface area contributed by atoms with Crippen LogP contribution in [-0.4, -0.2) is 17.9 Å². The Morgan fingerprint density at radius 3 is 2.21 bits per heavy atom. The van der Waals surface area contributed by atoms with Gasteiger partial charge in [-0.25, -0.2) is 4.79 Å². The van der Waals surface area contributed by atoms with E-state index < -0.39 is 5.97 Å². The zero-order valence-electron chi connectivity index (χ0n) is 8.91. The van der Waals surface area contributed by atoms with Gasteiger partial charge in [0.05, 0.1) is 6.10 Å². The molecule has 0 saturated heterocycles. The third-order valence-corrected chi connectivity index (χ3v) is 2.52. The second-order valence-corrected chi connectivity index (χ2v) is 4.15. The van der Waals surface area contributed by atoms with Crippen molar-refractivity contribution in [1.82, 2.24) is 0 Å². The summed E-state index contributed by atoms with van der Waals surface area (Å²) >= 11 is 0. The molecule has 0 amide bonds. The maximum absolute atomic E-state index is 11.6. The van der Waals surface area contributed by atoms with Crippen molar-refractivity contribution >= 4 is 11.8 Å². The van der Waals surface area contributed by atoms with Gasteiger partial charge in [-0.2, -0.15) is 0 Å². The summed E-state index contributed by atoms with van der Waals surface area (Å²) in [5, 5.41) is 0. The fourth-order valence-electron chi connectivity index (χ4n) is 1.80. The number of ketones is 1. The highest BCUT2D eigenvalue weighted by Gasteiger charge is 2.28. The third-order valence-electron chi connectivity index (χ3n) is 2.52. The van der Waals surface area contributed by atoms with Crippen molar-refractivity contribution in [2.24, 2.45) is 5.92 Å². The molecule has 1 fully saturated rings. The number of ether oxygens (including phenoxy) is 1. The molecule has 0 unspecified atom stereocenters. The van der Waals surface area contributed by atoms with E-state index in [0.29, 0.717) is 0 Å². The van der Waals surface area contributed by atoms with E-state index >= 15 is 0 Å². The molecule has 3 heteroatoms. The van der Waals surface area contributed by atoms with E-state index in [1.54, 1.807) is 13.8 Å². The Morgan fingerprint density at radius 1 is 1.14 bits per heavy atom. The molecular weight excluding hydrogens is 180 g/mol. The Kier molecular flexibility index (Phi) is 4.11. The smallest absolute Gasteiger partial charge is 0.375 e. The first-order chi connectivity index (χ1) is 6.61. The van der Waals surface area contributed by atoms with E-state index in [-0.39, 0.29) is 17.8 Å². The number of Topliss-reactive ketones (excluding diaryl/α,β-unsaturated/α-hetero) is 1. The maximum Gasteiger partial charge on any atom is 0.375 e. The van der Waals surface area contributed by atoms with Crippen LogP contribution in [0.1, 0.15) is 46.0 Å². The lowest BCUT2D eigenvalue weighted by molar-refractivity contribution is -0.158. The van der Waals surface area contributed by atoms with Crippen LogP contribution in [0, 0.1) is 5.92 Å². The summed E-state index contributed by atoms with van der Waals surface area (Å²) in [4.78, 5) is 22.8. The van der Waals surface area contributed by atoms with Crippen LogP contribution in [0.2, 0.25) is 0 Å². The van der Waals surface area contributed by atoms with E-state index in [0.717, 1.165) is 25.7 Å². The predicted octanol–water partition coefficient (Wildman–Crippen LogP) is 2.09. The number of hydrogen-bond donors (Lipinski definition) is 0. The first-order valence-electron chi connectivity index (χ1n) is 5.36. The molecule has 0 atom stereocenters. The highest BCUT2D eigenvalue weighted by molar-refractivity contribution is 6.34. The Labute approximate surface area is 84.8 Å². The molecule has 0 heterocycles. The minimum absolute atomic E-state index is 0.0741. The van der Waals surface area contributed by atoms with Gasteiger partial charge in [0, 0.05) is 5.92 Å². The second kappa shape index (κ2) is 5.13. The number of hydrogen-bond acceptors (Lipinski definition) is 3. The van der Waals surface area contributed by atoms with Crippen molar-refractivity contribution in [2.75, 3.05) is 0 Å². The molecule has 1 aliphatic rings. The zero-order valence-corrected chi connectivity index (χ0v) is 8.91. The summed E-state index contributed by atoms with van der Waals surface area (Å²) in [5.41, 5.74) is 0. The number of carbonyl (C=O) groups is 2. The summed E-state index contributed by atoms with van der Waals surface area (Å²) in [7, 11) is 0. The summed E-state index contributed by atoms with van der Waals surface area (Å²) in [6.45, 7) is 3.51. The van der Waals surface area contributed by atoms with E-state index in [9.17, 15) is 9.59 Å². The molecule has 14 heavy (non-hydrogen) atoms. The van der Waals surface area contributed by atoms with Crippen LogP contribution in [0.4, 0.5) is 0 Å². The summed E-state index contributed by atoms with van der Waals surface area (Å²) in [6.07, 6.45) is 4.81. The van der Waals surface area contributed by atoms with E-state index in [2.05, 4.69) is 0 Å². The Morgan fingerprint density at radius 2 is 1.71 bits per heavy atom. The zero-order chi connectivity index (χ0) is 10.6. The molecule has 0 aromatic rings. The van der Waals surface area contributed by atoms with E-state index in [1.165, 1.54) is 6.42 Å². The number of carbonyl (C=O) groups excluding carboxylic acids is 2. The van der Waals surface area contributed by atoms with Crippen molar-refractivity contribution in [3.05, 3.63) is 0 Å². The quantitative estimate of drug-likeness (QED) is 0.515. The molecule has 0 radical (unpaired) electrons. The lowest BCUT2D eigenvalue weighted by atomic mass is 9.86. The third kappa shape index (κ3) is 3.13. The molecule has 0 N–H and O–H groups in total. The van der Waals surface area contributed by atoms with Crippen molar-refractivity contribution in [2.45, 2.75) is 52.1 Å². The van der Waals surface area contributed by atoms with Crippen LogP contribution in [-0.2, 0) is 14.3 Å². The first kappa shape index (κ1) is 11.2. The first-order valence-corrected chi connectivity index (χ1v) is 5.36. The van der Waals surface area contributed by atoms with Crippen LogP contribution in [0.5, 0.6) is 0 Å². The molecular formula is C11H18O3. The van der Waals surface area contributed by atoms with E-state index in [1.807, 2.05) is 0 Å². The van der Waals surface area contributed by atoms with Crippen LogP contribution >= 0.6 is 0 Å². The molecule has 1 rings (SSSR count). The maximum atomic E-state index is 11.6. The highest BCUT2D eigenvalue weighted by atomic mass is 16.5. The number of esters is 1. The average molecular weight is 198 g/mol. The molecule has 3 nitrogen and oxygen atoms in total. The molecule has 1 aliphatic carbocycles. The summed E-state index contributed by atoms with van der Waals surface area (Å²) in [5.74, 6) is -1.04. The van der Waals surface area contributed by atoms with Crippen molar-refractivity contribution in [3.8, 4) is 0 Å². The second-order valence-electron chi connectivity index (χ2n) is 4.15. The standard InChI is InChI=1S/C11H18O3/c1-8(2)14-11(13)10(12)9-6-4-3-5-7-9/h8-9H,3-7H2,1-2H3. The van der Waals surface area contributed by atoms with Crippen LogP contribution in [0.3, 0.4) is 0 Å². The molecule has 80 valence electrons. The van der Waals surface area contributed by atoms with Gasteiger partial charge in [0.2, 0.25) is 5.78 Å². The molecule has 0 bridgehead atoms. The Bertz CT molecular complexity index is 215. The Balaban J connectivity index is 2.42. The van der Waals surface area contributed by atoms with Gasteiger partial charge in [0.15, 0.2) is 0 Å². The largest absolute Gasteiger partial charge is 0.457 e. The van der Waals surface area contributed by atoms with Gasteiger partial charge in [-0.15, -0.1) is 0 Å². The molecule has 0 spiro atoms. The fraction of sp³-hybridized carbons (Fsp3) is 0.818. The van der Waals surface area contributed by atoms with Gasteiger partial charge in [-0.05, 0) is 26.7 Å². The van der Waals surface area contributed by atoms with Gasteiger partial charge in [0.25, 0.3) is 0 Å². The van der Waals surface area contributed by atoms with Gasteiger partial charge < -0.3 is 4.74 Å². The van der Waals surface area contributed by atoms with Crippen LogP contribution in [0.15, 0.2) is 0 Å². The summed E-state index contributed by atoms with van der Waals surface area (Å²) < 4.78 is 4.88. The van der Waals surface area contributed by atoms with Crippen LogP contribution < -0.4 is 0 Å². The van der Waals surface area contributed by atoms with Crippen LogP contribution in [0.25, 0.3) is 0 Å². The molecule has 0 aliphatic heterocycles. The molecule has 1 saturated carbocycles.